The Balaban J connectivity index is 2.02. The second kappa shape index (κ2) is 12.3. The van der Waals surface area contributed by atoms with Gasteiger partial charge >= 0.3 is 6.09 Å². The minimum atomic E-state index is -0.916. The zero-order chi connectivity index (χ0) is 28.9. The first-order chi connectivity index (χ1) is 18.3. The Morgan fingerprint density at radius 3 is 2.10 bits per heavy atom. The van der Waals surface area contributed by atoms with E-state index >= 15 is 0 Å². The van der Waals surface area contributed by atoms with E-state index in [-0.39, 0.29) is 17.9 Å². The molecule has 208 valence electrons. The SMILES string of the molecule is CCC(C)N(C(=O)C(C)NC(=O)OC(C)(C)C)C(C(=O)Nc1ccc2ccccc2c1)c1cc(C)cc(C)c1. The highest BCUT2D eigenvalue weighted by molar-refractivity contribution is 6.00. The number of nitrogens with zero attached hydrogens (tertiary/aromatic N) is 1. The smallest absolute Gasteiger partial charge is 0.408 e. The fourth-order valence-corrected chi connectivity index (χ4v) is 4.65. The van der Waals surface area contributed by atoms with Crippen LogP contribution >= 0.6 is 0 Å². The highest BCUT2D eigenvalue weighted by Crippen LogP contribution is 2.29. The third kappa shape index (κ3) is 7.82. The molecule has 7 heteroatoms. The van der Waals surface area contributed by atoms with Crippen molar-refractivity contribution in [3.05, 3.63) is 77.4 Å². The van der Waals surface area contributed by atoms with Crippen LogP contribution in [-0.4, -0.2) is 40.5 Å². The standard InChI is InChI=1S/C32H41N3O4/c1-9-22(4)35(30(37)23(5)33-31(38)39-32(6,7)8)28(26-17-20(2)16-21(3)18-26)29(36)34-27-15-14-24-12-10-11-13-25(24)19-27/h10-19,22-23,28H,9H2,1-8H3,(H,33,38)(H,34,36). The summed E-state index contributed by atoms with van der Waals surface area (Å²) in [4.78, 5) is 42.0. The van der Waals surface area contributed by atoms with Gasteiger partial charge in [-0.3, -0.25) is 9.59 Å². The molecule has 3 amide bonds. The zero-order valence-electron chi connectivity index (χ0n) is 24.3. The first kappa shape index (κ1) is 29.7. The molecule has 0 spiro atoms. The van der Waals surface area contributed by atoms with Gasteiger partial charge in [-0.2, -0.15) is 0 Å². The molecule has 3 aromatic rings. The highest BCUT2D eigenvalue weighted by Gasteiger charge is 2.37. The summed E-state index contributed by atoms with van der Waals surface area (Å²) in [5.74, 6) is -0.693. The summed E-state index contributed by atoms with van der Waals surface area (Å²) in [7, 11) is 0. The van der Waals surface area contributed by atoms with E-state index in [1.807, 2.05) is 88.4 Å². The van der Waals surface area contributed by atoms with Crippen LogP contribution in [0.5, 0.6) is 0 Å². The molecule has 2 N–H and O–H groups in total. The molecule has 3 aromatic carbocycles. The molecule has 0 aliphatic heterocycles. The van der Waals surface area contributed by atoms with Crippen LogP contribution in [0.4, 0.5) is 10.5 Å². The van der Waals surface area contributed by atoms with Crippen LogP contribution in [0.2, 0.25) is 0 Å². The topological polar surface area (TPSA) is 87.7 Å². The van der Waals surface area contributed by atoms with Gasteiger partial charge in [-0.1, -0.05) is 66.6 Å². The van der Waals surface area contributed by atoms with Crippen molar-refractivity contribution in [1.29, 1.82) is 0 Å². The van der Waals surface area contributed by atoms with E-state index in [2.05, 4.69) is 10.6 Å². The summed E-state index contributed by atoms with van der Waals surface area (Å²) >= 11 is 0. The number of alkyl carbamates (subject to hydrolysis) is 1. The molecule has 0 bridgehead atoms. The monoisotopic (exact) mass is 531 g/mol. The van der Waals surface area contributed by atoms with E-state index < -0.39 is 23.8 Å². The maximum atomic E-state index is 14.1. The summed E-state index contributed by atoms with van der Waals surface area (Å²) in [5, 5.41) is 7.77. The summed E-state index contributed by atoms with van der Waals surface area (Å²) in [6.07, 6.45) is -0.0638. The number of rotatable bonds is 8. The van der Waals surface area contributed by atoms with E-state index in [0.717, 1.165) is 21.9 Å². The number of fused-ring (bicyclic) bond motifs is 1. The van der Waals surface area contributed by atoms with Crippen LogP contribution in [-0.2, 0) is 14.3 Å². The van der Waals surface area contributed by atoms with Gasteiger partial charge in [-0.05, 0) is 83.4 Å². The summed E-state index contributed by atoms with van der Waals surface area (Å²) in [6.45, 7) is 14.7. The third-order valence-corrected chi connectivity index (χ3v) is 6.53. The lowest BCUT2D eigenvalue weighted by Gasteiger charge is -2.37. The lowest BCUT2D eigenvalue weighted by molar-refractivity contribution is -0.143. The zero-order valence-corrected chi connectivity index (χ0v) is 24.3. The second-order valence-electron chi connectivity index (χ2n) is 11.2. The molecule has 3 atom stereocenters. The van der Waals surface area contributed by atoms with E-state index in [1.165, 1.54) is 0 Å². The number of amides is 3. The van der Waals surface area contributed by atoms with Gasteiger partial charge < -0.3 is 20.3 Å². The van der Waals surface area contributed by atoms with Gasteiger partial charge in [-0.15, -0.1) is 0 Å². The normalized spacial score (nSPS) is 13.7. The van der Waals surface area contributed by atoms with Crippen LogP contribution in [0.25, 0.3) is 10.8 Å². The quantitative estimate of drug-likeness (QED) is 0.340. The van der Waals surface area contributed by atoms with Gasteiger partial charge in [0.2, 0.25) is 5.91 Å². The molecule has 0 aliphatic rings. The number of benzene rings is 3. The predicted octanol–water partition coefficient (Wildman–Crippen LogP) is 6.68. The molecule has 7 nitrogen and oxygen atoms in total. The number of anilines is 1. The summed E-state index contributed by atoms with van der Waals surface area (Å²) < 4.78 is 5.36. The third-order valence-electron chi connectivity index (χ3n) is 6.53. The lowest BCUT2D eigenvalue weighted by atomic mass is 9.96. The molecule has 0 saturated carbocycles. The van der Waals surface area contributed by atoms with Crippen molar-refractivity contribution in [3.63, 3.8) is 0 Å². The molecule has 0 saturated heterocycles. The van der Waals surface area contributed by atoms with Crippen molar-refractivity contribution in [3.8, 4) is 0 Å². The van der Waals surface area contributed by atoms with Gasteiger partial charge in [0.1, 0.15) is 17.7 Å². The first-order valence-electron chi connectivity index (χ1n) is 13.5. The molecule has 39 heavy (non-hydrogen) atoms. The number of nitrogens with one attached hydrogen (secondary N) is 2. The van der Waals surface area contributed by atoms with Crippen LogP contribution in [0.3, 0.4) is 0 Å². The van der Waals surface area contributed by atoms with Gasteiger partial charge in [0, 0.05) is 11.7 Å². The fourth-order valence-electron chi connectivity index (χ4n) is 4.65. The molecule has 3 unspecified atom stereocenters. The maximum absolute atomic E-state index is 14.1. The van der Waals surface area contributed by atoms with Crippen molar-refractivity contribution in [2.45, 2.75) is 85.5 Å². The van der Waals surface area contributed by atoms with Crippen LogP contribution in [0.15, 0.2) is 60.7 Å². The van der Waals surface area contributed by atoms with E-state index in [4.69, 9.17) is 4.74 Å². The Bertz CT molecular complexity index is 1320. The number of ether oxygens (including phenoxy) is 1. The minimum absolute atomic E-state index is 0.284. The van der Waals surface area contributed by atoms with Crippen LogP contribution in [0, 0.1) is 13.8 Å². The molecule has 0 aromatic heterocycles. The fraction of sp³-hybridized carbons (Fsp3) is 0.406. The van der Waals surface area contributed by atoms with Crippen LogP contribution in [0.1, 0.15) is 70.7 Å². The van der Waals surface area contributed by atoms with E-state index in [0.29, 0.717) is 17.7 Å². The lowest BCUT2D eigenvalue weighted by Crippen LogP contribution is -2.53. The molecule has 0 heterocycles. The van der Waals surface area contributed by atoms with E-state index in [9.17, 15) is 14.4 Å². The largest absolute Gasteiger partial charge is 0.444 e. The highest BCUT2D eigenvalue weighted by atomic mass is 16.6. The van der Waals surface area contributed by atoms with Crippen molar-refractivity contribution in [2.75, 3.05) is 5.32 Å². The van der Waals surface area contributed by atoms with Crippen molar-refractivity contribution < 1.29 is 19.1 Å². The molecular weight excluding hydrogens is 490 g/mol. The Labute approximate surface area is 231 Å². The van der Waals surface area contributed by atoms with Gasteiger partial charge in [0.15, 0.2) is 0 Å². The van der Waals surface area contributed by atoms with Crippen molar-refractivity contribution in [2.24, 2.45) is 0 Å². The average molecular weight is 532 g/mol. The Morgan fingerprint density at radius 2 is 1.51 bits per heavy atom. The summed E-state index contributed by atoms with van der Waals surface area (Å²) in [5.41, 5.74) is 2.63. The number of aryl methyl sites for hydroxylation is 2. The van der Waals surface area contributed by atoms with Crippen LogP contribution < -0.4 is 10.6 Å². The predicted molar refractivity (Wildman–Crippen MR) is 157 cm³/mol. The second-order valence-corrected chi connectivity index (χ2v) is 11.2. The Morgan fingerprint density at radius 1 is 0.897 bits per heavy atom. The molecule has 3 rings (SSSR count). The number of carbonyl (C=O) groups excluding carboxylic acids is 3. The number of carbonyl (C=O) groups is 3. The Hall–Kier alpha value is -3.87. The molecular formula is C32H41N3O4. The number of hydrogen-bond donors (Lipinski definition) is 2. The van der Waals surface area contributed by atoms with Crippen molar-refractivity contribution >= 4 is 34.4 Å². The molecule has 0 radical (unpaired) electrons. The van der Waals surface area contributed by atoms with E-state index in [1.54, 1.807) is 32.6 Å². The summed E-state index contributed by atoms with van der Waals surface area (Å²) in [6, 6.07) is 17.5. The average Bonchev–Trinajstić information content (AvgIpc) is 2.84. The maximum Gasteiger partial charge on any atom is 0.408 e. The Kier molecular flexibility index (Phi) is 9.38. The van der Waals surface area contributed by atoms with Gasteiger partial charge in [0.25, 0.3) is 5.91 Å². The first-order valence-corrected chi connectivity index (χ1v) is 13.5. The molecule has 0 fully saturated rings. The van der Waals surface area contributed by atoms with Gasteiger partial charge in [-0.25, -0.2) is 4.79 Å². The van der Waals surface area contributed by atoms with Gasteiger partial charge in [0.05, 0.1) is 0 Å². The molecule has 0 aliphatic carbocycles. The van der Waals surface area contributed by atoms with Crippen molar-refractivity contribution in [1.82, 2.24) is 10.2 Å². The minimum Gasteiger partial charge on any atom is -0.444 e. The number of hydrogen-bond acceptors (Lipinski definition) is 4.